The minimum absolute atomic E-state index is 0.00692. The van der Waals surface area contributed by atoms with Crippen molar-refractivity contribution in [1.82, 2.24) is 0 Å². The smallest absolute Gasteiger partial charge is 0.350 e. The summed E-state index contributed by atoms with van der Waals surface area (Å²) in [7, 11) is 0. The summed E-state index contributed by atoms with van der Waals surface area (Å²) in [5.74, 6) is -3.69. The zero-order valence-electron chi connectivity index (χ0n) is 10.9. The maximum atomic E-state index is 13.2. The molecular formula is C14H9F4NO2S. The lowest BCUT2D eigenvalue weighted by atomic mass is 10.1. The molecule has 1 N–H and O–H groups in total. The van der Waals surface area contributed by atoms with E-state index in [1.165, 1.54) is 12.1 Å². The largest absolute Gasteiger partial charge is 0.458 e. The van der Waals surface area contributed by atoms with E-state index in [0.717, 1.165) is 11.3 Å². The molecule has 1 unspecified atom stereocenters. The third-order valence-corrected chi connectivity index (χ3v) is 4.34. The van der Waals surface area contributed by atoms with Gasteiger partial charge in [0.2, 0.25) is 0 Å². The summed E-state index contributed by atoms with van der Waals surface area (Å²) < 4.78 is 51.2. The van der Waals surface area contributed by atoms with Crippen molar-refractivity contribution in [1.29, 1.82) is 0 Å². The van der Waals surface area contributed by atoms with Crippen LogP contribution in [0.2, 0.25) is 0 Å². The molecule has 22 heavy (non-hydrogen) atoms. The Kier molecular flexibility index (Phi) is 3.45. The first-order valence-electron chi connectivity index (χ1n) is 6.19. The van der Waals surface area contributed by atoms with Gasteiger partial charge in [0.1, 0.15) is 11.5 Å². The number of hydrogen-bond donors (Lipinski definition) is 1. The predicted molar refractivity (Wildman–Crippen MR) is 73.0 cm³/mol. The van der Waals surface area contributed by atoms with E-state index in [1.807, 2.05) is 0 Å². The van der Waals surface area contributed by atoms with Gasteiger partial charge in [-0.3, -0.25) is 0 Å². The Morgan fingerprint density at radius 3 is 2.55 bits per heavy atom. The van der Waals surface area contributed by atoms with E-state index in [2.05, 4.69) is 9.99 Å². The van der Waals surface area contributed by atoms with Crippen LogP contribution in [0.15, 0.2) is 41.6 Å². The quantitative estimate of drug-likeness (QED) is 0.847. The van der Waals surface area contributed by atoms with Crippen molar-refractivity contribution in [3.8, 4) is 10.4 Å². The minimum atomic E-state index is -4.93. The molecule has 2 aromatic rings. The van der Waals surface area contributed by atoms with Crippen molar-refractivity contribution in [2.75, 3.05) is 0 Å². The molecule has 116 valence electrons. The van der Waals surface area contributed by atoms with E-state index in [9.17, 15) is 22.7 Å². The second-order valence-electron chi connectivity index (χ2n) is 4.76. The van der Waals surface area contributed by atoms with Crippen LogP contribution in [0.5, 0.6) is 0 Å². The average molecular weight is 331 g/mol. The van der Waals surface area contributed by atoms with Crippen molar-refractivity contribution in [3.63, 3.8) is 0 Å². The monoisotopic (exact) mass is 331 g/mol. The fourth-order valence-corrected chi connectivity index (χ4v) is 2.98. The third kappa shape index (κ3) is 2.59. The van der Waals surface area contributed by atoms with E-state index in [-0.39, 0.29) is 5.71 Å². The van der Waals surface area contributed by atoms with Gasteiger partial charge in [-0.1, -0.05) is 17.3 Å². The van der Waals surface area contributed by atoms with Crippen LogP contribution in [-0.4, -0.2) is 22.8 Å². The molecule has 0 saturated carbocycles. The highest BCUT2D eigenvalue weighted by atomic mass is 32.1. The van der Waals surface area contributed by atoms with Crippen LogP contribution in [0.4, 0.5) is 17.6 Å². The molecule has 0 aliphatic carbocycles. The number of benzene rings is 1. The average Bonchev–Trinajstić information content (AvgIpc) is 3.05. The van der Waals surface area contributed by atoms with Crippen molar-refractivity contribution < 1.29 is 27.5 Å². The zero-order chi connectivity index (χ0) is 16.0. The number of nitrogens with zero attached hydrogens (tertiary/aromatic N) is 1. The van der Waals surface area contributed by atoms with Gasteiger partial charge in [-0.2, -0.15) is 13.2 Å². The Bertz CT molecular complexity index is 740. The van der Waals surface area contributed by atoms with Crippen LogP contribution >= 0.6 is 11.3 Å². The molecule has 3 rings (SSSR count). The summed E-state index contributed by atoms with van der Waals surface area (Å²) in [4.78, 5) is 5.28. The van der Waals surface area contributed by atoms with Crippen LogP contribution in [-0.2, 0) is 4.84 Å². The second-order valence-corrected chi connectivity index (χ2v) is 5.85. The highest BCUT2D eigenvalue weighted by molar-refractivity contribution is 7.17. The Labute approximate surface area is 126 Å². The summed E-state index contributed by atoms with van der Waals surface area (Å²) >= 11 is 1.15. The zero-order valence-corrected chi connectivity index (χ0v) is 11.7. The van der Waals surface area contributed by atoms with Gasteiger partial charge < -0.3 is 9.94 Å². The van der Waals surface area contributed by atoms with Crippen LogP contribution < -0.4 is 0 Å². The molecule has 1 aromatic heterocycles. The molecule has 0 fully saturated rings. The Morgan fingerprint density at radius 1 is 1.18 bits per heavy atom. The predicted octanol–water partition coefficient (Wildman–Crippen LogP) is 3.93. The van der Waals surface area contributed by atoms with Crippen molar-refractivity contribution in [3.05, 3.63) is 47.1 Å². The number of halogens is 4. The Balaban J connectivity index is 1.84. The highest BCUT2D eigenvalue weighted by Gasteiger charge is 2.60. The van der Waals surface area contributed by atoms with E-state index in [1.54, 1.807) is 24.3 Å². The van der Waals surface area contributed by atoms with Gasteiger partial charge >= 0.3 is 12.0 Å². The van der Waals surface area contributed by atoms with Crippen molar-refractivity contribution in [2.45, 2.75) is 18.4 Å². The number of aliphatic hydroxyl groups is 1. The molecule has 3 nitrogen and oxygen atoms in total. The molecule has 1 aliphatic heterocycles. The van der Waals surface area contributed by atoms with Gasteiger partial charge in [-0.05, 0) is 29.8 Å². The van der Waals surface area contributed by atoms with Gasteiger partial charge in [0.25, 0.3) is 0 Å². The van der Waals surface area contributed by atoms with Gasteiger partial charge in [-0.25, -0.2) is 4.39 Å². The van der Waals surface area contributed by atoms with E-state index >= 15 is 0 Å². The number of rotatable bonds is 2. The molecule has 8 heteroatoms. The lowest BCUT2D eigenvalue weighted by molar-refractivity contribution is -0.355. The molecule has 0 amide bonds. The molecule has 1 atom stereocenters. The normalized spacial score (nSPS) is 21.6. The summed E-state index contributed by atoms with van der Waals surface area (Å²) in [6, 6.07) is 9.09. The topological polar surface area (TPSA) is 41.8 Å². The van der Waals surface area contributed by atoms with Gasteiger partial charge in [0.15, 0.2) is 0 Å². The van der Waals surface area contributed by atoms with Crippen molar-refractivity contribution in [2.24, 2.45) is 5.16 Å². The Morgan fingerprint density at radius 2 is 1.91 bits per heavy atom. The molecule has 1 aliphatic rings. The standard InChI is InChI=1S/C14H9F4NO2S/c15-9-3-1-2-8(6-9)11-4-5-12(22-11)10-7-13(20,21-19-10)14(16,17)18/h1-6,20H,7H2. The minimum Gasteiger partial charge on any atom is -0.350 e. The third-order valence-electron chi connectivity index (χ3n) is 3.16. The summed E-state index contributed by atoms with van der Waals surface area (Å²) in [5, 5.41) is 12.7. The summed E-state index contributed by atoms with van der Waals surface area (Å²) in [6.45, 7) is 0. The van der Waals surface area contributed by atoms with Crippen molar-refractivity contribution >= 4 is 17.0 Å². The maximum Gasteiger partial charge on any atom is 0.458 e. The second kappa shape index (κ2) is 5.06. The van der Waals surface area contributed by atoms with Crippen LogP contribution in [0, 0.1) is 5.82 Å². The lowest BCUT2D eigenvalue weighted by Gasteiger charge is -2.22. The number of thiophene rings is 1. The van der Waals surface area contributed by atoms with Gasteiger partial charge in [0.05, 0.1) is 11.3 Å². The fraction of sp³-hybridized carbons (Fsp3) is 0.214. The maximum absolute atomic E-state index is 13.2. The highest BCUT2D eigenvalue weighted by Crippen LogP contribution is 2.40. The SMILES string of the molecule is OC1(C(F)(F)F)CC(c2ccc(-c3cccc(F)c3)s2)=NO1. The van der Waals surface area contributed by atoms with E-state index in [0.29, 0.717) is 15.3 Å². The van der Waals surface area contributed by atoms with Gasteiger partial charge in [-0.15, -0.1) is 11.3 Å². The van der Waals surface area contributed by atoms with Crippen LogP contribution in [0.25, 0.3) is 10.4 Å². The van der Waals surface area contributed by atoms with Crippen LogP contribution in [0.1, 0.15) is 11.3 Å². The van der Waals surface area contributed by atoms with Crippen LogP contribution in [0.3, 0.4) is 0 Å². The summed E-state index contributed by atoms with van der Waals surface area (Å²) in [6.07, 6.45) is -5.71. The molecule has 2 heterocycles. The lowest BCUT2D eigenvalue weighted by Crippen LogP contribution is -2.45. The summed E-state index contributed by atoms with van der Waals surface area (Å²) in [5.41, 5.74) is 0.620. The number of hydrogen-bond acceptors (Lipinski definition) is 4. The van der Waals surface area contributed by atoms with E-state index < -0.39 is 24.2 Å². The first-order valence-corrected chi connectivity index (χ1v) is 7.00. The molecule has 0 saturated heterocycles. The molecule has 1 aromatic carbocycles. The molecular weight excluding hydrogens is 322 g/mol. The molecule has 0 bridgehead atoms. The van der Waals surface area contributed by atoms with Gasteiger partial charge in [0, 0.05) is 4.88 Å². The fourth-order valence-electron chi connectivity index (χ4n) is 2.00. The molecule has 0 spiro atoms. The number of oxime groups is 1. The first kappa shape index (κ1) is 15.0. The Hall–Kier alpha value is -1.93. The first-order chi connectivity index (χ1) is 10.3. The number of alkyl halides is 3. The van der Waals surface area contributed by atoms with E-state index in [4.69, 9.17) is 0 Å². The molecule has 0 radical (unpaired) electrons.